The molecule has 0 fully saturated rings. The Hall–Kier alpha value is -1.41. The Bertz CT molecular complexity index is 748. The predicted octanol–water partition coefficient (Wildman–Crippen LogP) is 2.00. The fourth-order valence-corrected chi connectivity index (χ4v) is 3.09. The van der Waals surface area contributed by atoms with Crippen molar-refractivity contribution in [2.45, 2.75) is 18.0 Å². The molecule has 0 aromatic heterocycles. The van der Waals surface area contributed by atoms with E-state index < -0.39 is 10.0 Å². The van der Waals surface area contributed by atoms with E-state index >= 15 is 0 Å². The van der Waals surface area contributed by atoms with E-state index in [4.69, 9.17) is 10.8 Å². The molecule has 0 spiro atoms. The lowest BCUT2D eigenvalue weighted by atomic mass is 10.1. The Kier molecular flexibility index (Phi) is 5.00. The van der Waals surface area contributed by atoms with Crippen LogP contribution in [0.4, 0.5) is 5.69 Å². The molecule has 0 saturated heterocycles. The van der Waals surface area contributed by atoms with Crippen molar-refractivity contribution in [3.05, 3.63) is 58.1 Å². The number of sulfonamides is 1. The van der Waals surface area contributed by atoms with Crippen molar-refractivity contribution in [1.82, 2.24) is 4.72 Å². The van der Waals surface area contributed by atoms with Crippen molar-refractivity contribution < 1.29 is 13.5 Å². The number of hydrogen-bond donors (Lipinski definition) is 3. The molecule has 0 bridgehead atoms. The third kappa shape index (κ3) is 4.04. The van der Waals surface area contributed by atoms with Crippen molar-refractivity contribution in [2.75, 3.05) is 5.73 Å². The number of anilines is 1. The number of nitrogens with two attached hydrogens (primary N) is 1. The van der Waals surface area contributed by atoms with E-state index in [1.165, 1.54) is 12.1 Å². The van der Waals surface area contributed by atoms with E-state index in [1.54, 1.807) is 30.3 Å². The fourth-order valence-electron chi connectivity index (χ4n) is 1.79. The van der Waals surface area contributed by atoms with Crippen molar-refractivity contribution in [3.63, 3.8) is 0 Å². The van der Waals surface area contributed by atoms with Gasteiger partial charge in [-0.1, -0.05) is 24.3 Å². The highest BCUT2D eigenvalue weighted by atomic mass is 79.9. The maximum atomic E-state index is 12.2. The van der Waals surface area contributed by atoms with E-state index in [-0.39, 0.29) is 18.0 Å². The lowest BCUT2D eigenvalue weighted by Gasteiger charge is -2.09. The molecule has 0 unspecified atom stereocenters. The summed E-state index contributed by atoms with van der Waals surface area (Å²) in [6, 6.07) is 11.6. The number of rotatable bonds is 5. The topological polar surface area (TPSA) is 92.4 Å². The molecule has 0 aliphatic heterocycles. The van der Waals surface area contributed by atoms with E-state index in [9.17, 15) is 8.42 Å². The highest BCUT2D eigenvalue weighted by molar-refractivity contribution is 9.10. The van der Waals surface area contributed by atoms with E-state index in [2.05, 4.69) is 20.7 Å². The normalized spacial score (nSPS) is 11.5. The SMILES string of the molecule is Nc1cc(S(=O)(=O)NCc2cccc(CO)c2)ccc1Br. The van der Waals surface area contributed by atoms with Gasteiger partial charge in [0.1, 0.15) is 0 Å². The van der Waals surface area contributed by atoms with Crippen LogP contribution in [0.2, 0.25) is 0 Å². The third-order valence-electron chi connectivity index (χ3n) is 2.92. The predicted molar refractivity (Wildman–Crippen MR) is 84.9 cm³/mol. The van der Waals surface area contributed by atoms with Crippen LogP contribution in [0.3, 0.4) is 0 Å². The lowest BCUT2D eigenvalue weighted by molar-refractivity contribution is 0.281. The zero-order chi connectivity index (χ0) is 15.5. The summed E-state index contributed by atoms with van der Waals surface area (Å²) in [5.41, 5.74) is 7.57. The molecule has 5 nitrogen and oxygen atoms in total. The molecular weight excluding hydrogens is 356 g/mol. The lowest BCUT2D eigenvalue weighted by Crippen LogP contribution is -2.23. The Labute approximate surface area is 132 Å². The average Bonchev–Trinajstić information content (AvgIpc) is 2.48. The Morgan fingerprint density at radius 1 is 1.14 bits per heavy atom. The molecule has 0 heterocycles. The van der Waals surface area contributed by atoms with Crippen molar-refractivity contribution in [3.8, 4) is 0 Å². The van der Waals surface area contributed by atoms with E-state index in [0.29, 0.717) is 10.2 Å². The van der Waals surface area contributed by atoms with Gasteiger partial charge in [0, 0.05) is 16.7 Å². The summed E-state index contributed by atoms with van der Waals surface area (Å²) in [7, 11) is -3.63. The Morgan fingerprint density at radius 3 is 2.52 bits per heavy atom. The second-order valence-electron chi connectivity index (χ2n) is 4.49. The summed E-state index contributed by atoms with van der Waals surface area (Å²) in [5, 5.41) is 9.07. The minimum atomic E-state index is -3.63. The molecule has 2 rings (SSSR count). The second-order valence-corrected chi connectivity index (χ2v) is 7.11. The van der Waals surface area contributed by atoms with E-state index in [0.717, 1.165) is 11.1 Å². The maximum absolute atomic E-state index is 12.2. The molecule has 4 N–H and O–H groups in total. The summed E-state index contributed by atoms with van der Waals surface area (Å²) in [6.45, 7) is 0.0655. The first kappa shape index (κ1) is 16.0. The van der Waals surface area contributed by atoms with Crippen LogP contribution in [0.5, 0.6) is 0 Å². The molecule has 0 amide bonds. The maximum Gasteiger partial charge on any atom is 0.240 e. The molecule has 2 aromatic rings. The number of aliphatic hydroxyl groups excluding tert-OH is 1. The third-order valence-corrected chi connectivity index (χ3v) is 5.04. The monoisotopic (exact) mass is 370 g/mol. The van der Waals surface area contributed by atoms with Crippen LogP contribution >= 0.6 is 15.9 Å². The first-order valence-electron chi connectivity index (χ1n) is 6.16. The van der Waals surface area contributed by atoms with E-state index in [1.807, 2.05) is 0 Å². The smallest absolute Gasteiger partial charge is 0.240 e. The molecule has 0 saturated carbocycles. The molecule has 2 aromatic carbocycles. The zero-order valence-electron chi connectivity index (χ0n) is 11.1. The molecule has 0 aliphatic carbocycles. The van der Waals surface area contributed by atoms with Gasteiger partial charge in [0.2, 0.25) is 10.0 Å². The summed E-state index contributed by atoms with van der Waals surface area (Å²) in [4.78, 5) is 0.113. The van der Waals surface area contributed by atoms with Crippen LogP contribution in [0.1, 0.15) is 11.1 Å². The average molecular weight is 371 g/mol. The zero-order valence-corrected chi connectivity index (χ0v) is 13.5. The summed E-state index contributed by atoms with van der Waals surface area (Å²) in [5.74, 6) is 0. The Morgan fingerprint density at radius 2 is 1.86 bits per heavy atom. The molecule has 7 heteroatoms. The summed E-state index contributed by atoms with van der Waals surface area (Å²) >= 11 is 3.22. The van der Waals surface area contributed by atoms with Crippen LogP contribution in [-0.4, -0.2) is 13.5 Å². The van der Waals surface area contributed by atoms with Crippen LogP contribution in [-0.2, 0) is 23.2 Å². The number of halogens is 1. The van der Waals surface area contributed by atoms with Crippen molar-refractivity contribution in [1.29, 1.82) is 0 Å². The van der Waals surface area contributed by atoms with Gasteiger partial charge >= 0.3 is 0 Å². The number of benzene rings is 2. The second kappa shape index (κ2) is 6.57. The van der Waals surface area contributed by atoms with Crippen LogP contribution in [0.25, 0.3) is 0 Å². The molecule has 0 aliphatic rings. The quantitative estimate of drug-likeness (QED) is 0.701. The number of nitrogen functional groups attached to an aromatic ring is 1. The largest absolute Gasteiger partial charge is 0.398 e. The van der Waals surface area contributed by atoms with Gasteiger partial charge in [-0.25, -0.2) is 13.1 Å². The molecule has 21 heavy (non-hydrogen) atoms. The number of nitrogens with one attached hydrogen (secondary N) is 1. The summed E-state index contributed by atoms with van der Waals surface area (Å²) < 4.78 is 27.5. The first-order chi connectivity index (χ1) is 9.92. The van der Waals surface area contributed by atoms with Gasteiger partial charge in [0.05, 0.1) is 11.5 Å². The van der Waals surface area contributed by atoms with Gasteiger partial charge in [-0.2, -0.15) is 0 Å². The van der Waals surface area contributed by atoms with Crippen molar-refractivity contribution >= 4 is 31.6 Å². The molecule has 0 atom stereocenters. The van der Waals surface area contributed by atoms with Gasteiger partial charge in [-0.15, -0.1) is 0 Å². The minimum absolute atomic E-state index is 0.0795. The van der Waals surface area contributed by atoms with Crippen LogP contribution < -0.4 is 10.5 Å². The summed E-state index contributed by atoms with van der Waals surface area (Å²) in [6.07, 6.45) is 0. The standard InChI is InChI=1S/C14H15BrN2O3S/c15-13-5-4-12(7-14(13)16)21(19,20)17-8-10-2-1-3-11(6-10)9-18/h1-7,17-18H,8-9,16H2. The molecule has 112 valence electrons. The van der Waals surface area contributed by atoms with Gasteiger partial charge in [0.25, 0.3) is 0 Å². The molecule has 0 radical (unpaired) electrons. The number of hydrogen-bond acceptors (Lipinski definition) is 4. The number of aliphatic hydroxyl groups is 1. The van der Waals surface area contributed by atoms with Gasteiger partial charge in [-0.3, -0.25) is 0 Å². The van der Waals surface area contributed by atoms with Gasteiger partial charge < -0.3 is 10.8 Å². The van der Waals surface area contributed by atoms with Crippen molar-refractivity contribution in [2.24, 2.45) is 0 Å². The highest BCUT2D eigenvalue weighted by Crippen LogP contribution is 2.22. The minimum Gasteiger partial charge on any atom is -0.398 e. The fraction of sp³-hybridized carbons (Fsp3) is 0.143. The van der Waals surface area contributed by atoms with Crippen LogP contribution in [0.15, 0.2) is 51.8 Å². The highest BCUT2D eigenvalue weighted by Gasteiger charge is 2.14. The van der Waals surface area contributed by atoms with Crippen LogP contribution in [0, 0.1) is 0 Å². The first-order valence-corrected chi connectivity index (χ1v) is 8.43. The Balaban J connectivity index is 2.15. The van der Waals surface area contributed by atoms with Gasteiger partial charge in [0.15, 0.2) is 0 Å². The van der Waals surface area contributed by atoms with Gasteiger partial charge in [-0.05, 0) is 45.3 Å². The molecular formula is C14H15BrN2O3S.